The molecule has 1 aliphatic rings. The van der Waals surface area contributed by atoms with Crippen molar-refractivity contribution >= 4 is 17.6 Å². The number of nitrogens with one attached hydrogen (secondary N) is 1. The summed E-state index contributed by atoms with van der Waals surface area (Å²) >= 11 is 6.13. The molecule has 5 heteroatoms. The van der Waals surface area contributed by atoms with Crippen molar-refractivity contribution in [2.75, 3.05) is 26.7 Å². The number of aliphatic imine (C=N–C) groups is 1. The molecule has 0 amide bonds. The molecular formula is C14H19ClFN3. The van der Waals surface area contributed by atoms with Crippen molar-refractivity contribution in [2.24, 2.45) is 4.99 Å². The third-order valence-corrected chi connectivity index (χ3v) is 3.72. The van der Waals surface area contributed by atoms with Crippen molar-refractivity contribution in [1.29, 1.82) is 0 Å². The van der Waals surface area contributed by atoms with Gasteiger partial charge in [-0.05, 0) is 17.7 Å². The highest BCUT2D eigenvalue weighted by Crippen LogP contribution is 2.29. The van der Waals surface area contributed by atoms with Gasteiger partial charge < -0.3 is 10.2 Å². The summed E-state index contributed by atoms with van der Waals surface area (Å²) in [5, 5.41) is 3.80. The molecule has 0 saturated carbocycles. The van der Waals surface area contributed by atoms with Crippen molar-refractivity contribution in [2.45, 2.75) is 19.3 Å². The van der Waals surface area contributed by atoms with Crippen LogP contribution < -0.4 is 5.32 Å². The molecule has 2 rings (SSSR count). The first-order chi connectivity index (χ1) is 8.90. The van der Waals surface area contributed by atoms with E-state index in [2.05, 4.69) is 29.1 Å². The molecule has 0 aromatic heterocycles. The molecule has 1 aromatic rings. The molecule has 104 valence electrons. The number of likely N-dealkylation sites (N-methyl/N-ethyl adjacent to an activating group) is 1. The molecule has 0 bridgehead atoms. The van der Waals surface area contributed by atoms with Crippen molar-refractivity contribution in [3.05, 3.63) is 34.6 Å². The standard InChI is InChI=1S/C14H19ClFN3/c1-14(2,9-18-13-17-6-7-19(13)3)11-5-4-10(16)8-12(11)15/h4-5,8H,6-7,9H2,1-3H3,(H,17,18). The zero-order chi connectivity index (χ0) is 14.0. The Morgan fingerprint density at radius 2 is 2.21 bits per heavy atom. The van der Waals surface area contributed by atoms with Gasteiger partial charge >= 0.3 is 0 Å². The van der Waals surface area contributed by atoms with Gasteiger partial charge in [0.05, 0.1) is 6.54 Å². The summed E-state index contributed by atoms with van der Waals surface area (Å²) in [6.07, 6.45) is 0. The first kappa shape index (κ1) is 14.1. The number of guanidine groups is 1. The number of hydrogen-bond acceptors (Lipinski definition) is 3. The summed E-state index contributed by atoms with van der Waals surface area (Å²) in [5.74, 6) is 0.601. The van der Waals surface area contributed by atoms with Crippen LogP contribution in [0.1, 0.15) is 19.4 Å². The minimum Gasteiger partial charge on any atom is -0.355 e. The summed E-state index contributed by atoms with van der Waals surface area (Å²) in [6.45, 7) is 6.63. The lowest BCUT2D eigenvalue weighted by molar-refractivity contribution is 0.480. The Morgan fingerprint density at radius 3 is 2.79 bits per heavy atom. The molecule has 0 aliphatic carbocycles. The number of rotatable bonds is 3. The summed E-state index contributed by atoms with van der Waals surface area (Å²) < 4.78 is 13.1. The van der Waals surface area contributed by atoms with Gasteiger partial charge in [0, 0.05) is 30.6 Å². The largest absolute Gasteiger partial charge is 0.355 e. The molecule has 0 atom stereocenters. The highest BCUT2D eigenvalue weighted by Gasteiger charge is 2.25. The van der Waals surface area contributed by atoms with Crippen LogP contribution in [0.3, 0.4) is 0 Å². The van der Waals surface area contributed by atoms with Crippen LogP contribution in [0.2, 0.25) is 5.02 Å². The van der Waals surface area contributed by atoms with Gasteiger partial charge in [0.1, 0.15) is 5.82 Å². The lowest BCUT2D eigenvalue weighted by atomic mass is 9.84. The molecule has 1 N–H and O–H groups in total. The van der Waals surface area contributed by atoms with Crippen LogP contribution in [0.25, 0.3) is 0 Å². The minimum atomic E-state index is -0.308. The van der Waals surface area contributed by atoms with E-state index in [0.717, 1.165) is 24.6 Å². The third-order valence-electron chi connectivity index (χ3n) is 3.41. The molecule has 1 aromatic carbocycles. The van der Waals surface area contributed by atoms with Gasteiger partial charge in [0.15, 0.2) is 5.96 Å². The molecule has 0 unspecified atom stereocenters. The van der Waals surface area contributed by atoms with E-state index >= 15 is 0 Å². The van der Waals surface area contributed by atoms with Crippen LogP contribution in [-0.4, -0.2) is 37.5 Å². The van der Waals surface area contributed by atoms with Crippen LogP contribution in [-0.2, 0) is 5.41 Å². The van der Waals surface area contributed by atoms with Gasteiger partial charge in [-0.15, -0.1) is 0 Å². The Hall–Kier alpha value is -1.29. The second kappa shape index (κ2) is 5.37. The Kier molecular flexibility index (Phi) is 3.99. The van der Waals surface area contributed by atoms with E-state index in [-0.39, 0.29) is 11.2 Å². The fourth-order valence-electron chi connectivity index (χ4n) is 2.16. The maximum Gasteiger partial charge on any atom is 0.193 e. The average Bonchev–Trinajstić information content (AvgIpc) is 2.72. The average molecular weight is 284 g/mol. The molecule has 0 saturated heterocycles. The van der Waals surface area contributed by atoms with Crippen LogP contribution in [0.4, 0.5) is 4.39 Å². The summed E-state index contributed by atoms with van der Waals surface area (Å²) in [7, 11) is 2.01. The maximum absolute atomic E-state index is 13.1. The van der Waals surface area contributed by atoms with Crippen LogP contribution in [0.5, 0.6) is 0 Å². The Morgan fingerprint density at radius 1 is 1.47 bits per heavy atom. The topological polar surface area (TPSA) is 27.6 Å². The third kappa shape index (κ3) is 3.18. The van der Waals surface area contributed by atoms with Crippen molar-refractivity contribution in [1.82, 2.24) is 10.2 Å². The van der Waals surface area contributed by atoms with E-state index in [0.29, 0.717) is 11.6 Å². The van der Waals surface area contributed by atoms with Gasteiger partial charge in [-0.1, -0.05) is 31.5 Å². The van der Waals surface area contributed by atoms with Gasteiger partial charge in [-0.25, -0.2) is 4.39 Å². The summed E-state index contributed by atoms with van der Waals surface area (Å²) in [6, 6.07) is 4.56. The molecule has 19 heavy (non-hydrogen) atoms. The molecule has 1 aliphatic heterocycles. The SMILES string of the molecule is CN1CCN=C1NCC(C)(C)c1ccc(F)cc1Cl. The quantitative estimate of drug-likeness (QED) is 0.923. The zero-order valence-electron chi connectivity index (χ0n) is 11.5. The van der Waals surface area contributed by atoms with Crippen LogP contribution in [0, 0.1) is 5.82 Å². The number of benzene rings is 1. The highest BCUT2D eigenvalue weighted by atomic mass is 35.5. The smallest absolute Gasteiger partial charge is 0.193 e. The van der Waals surface area contributed by atoms with E-state index in [1.54, 1.807) is 6.07 Å². The Bertz CT molecular complexity index is 499. The van der Waals surface area contributed by atoms with E-state index in [1.165, 1.54) is 12.1 Å². The lowest BCUT2D eigenvalue weighted by Crippen LogP contribution is -2.42. The second-order valence-electron chi connectivity index (χ2n) is 5.49. The zero-order valence-corrected chi connectivity index (χ0v) is 12.3. The maximum atomic E-state index is 13.1. The van der Waals surface area contributed by atoms with Gasteiger partial charge in [-0.2, -0.15) is 0 Å². The Balaban J connectivity index is 2.09. The van der Waals surface area contributed by atoms with Crippen molar-refractivity contribution in [3.63, 3.8) is 0 Å². The molecule has 1 heterocycles. The predicted molar refractivity (Wildman–Crippen MR) is 77.4 cm³/mol. The van der Waals surface area contributed by atoms with Gasteiger partial charge in [0.2, 0.25) is 0 Å². The van der Waals surface area contributed by atoms with Crippen molar-refractivity contribution in [3.8, 4) is 0 Å². The second-order valence-corrected chi connectivity index (χ2v) is 5.90. The summed E-state index contributed by atoms with van der Waals surface area (Å²) in [5.41, 5.74) is 0.737. The first-order valence-corrected chi connectivity index (χ1v) is 6.73. The van der Waals surface area contributed by atoms with E-state index in [9.17, 15) is 4.39 Å². The minimum absolute atomic E-state index is 0.198. The first-order valence-electron chi connectivity index (χ1n) is 6.35. The molecular weight excluding hydrogens is 265 g/mol. The van der Waals surface area contributed by atoms with E-state index < -0.39 is 0 Å². The van der Waals surface area contributed by atoms with Crippen LogP contribution >= 0.6 is 11.6 Å². The van der Waals surface area contributed by atoms with Gasteiger partial charge in [0.25, 0.3) is 0 Å². The fourth-order valence-corrected chi connectivity index (χ4v) is 2.58. The van der Waals surface area contributed by atoms with Gasteiger partial charge in [-0.3, -0.25) is 4.99 Å². The normalized spacial score (nSPS) is 15.6. The number of halogens is 2. The molecule has 3 nitrogen and oxygen atoms in total. The predicted octanol–water partition coefficient (Wildman–Crippen LogP) is 2.65. The highest BCUT2D eigenvalue weighted by molar-refractivity contribution is 6.31. The van der Waals surface area contributed by atoms with Crippen molar-refractivity contribution < 1.29 is 4.39 Å². The molecule has 0 spiro atoms. The number of hydrogen-bond donors (Lipinski definition) is 1. The Labute approximate surface area is 118 Å². The monoisotopic (exact) mass is 283 g/mol. The number of nitrogens with zero attached hydrogens (tertiary/aromatic N) is 2. The van der Waals surface area contributed by atoms with E-state index in [4.69, 9.17) is 11.6 Å². The fraction of sp³-hybridized carbons (Fsp3) is 0.500. The van der Waals surface area contributed by atoms with Crippen LogP contribution in [0.15, 0.2) is 23.2 Å². The van der Waals surface area contributed by atoms with E-state index in [1.807, 2.05) is 7.05 Å². The lowest BCUT2D eigenvalue weighted by Gasteiger charge is -2.28. The molecule has 0 fully saturated rings. The molecule has 0 radical (unpaired) electrons. The summed E-state index contributed by atoms with van der Waals surface area (Å²) in [4.78, 5) is 6.47.